The molecule has 4 rings (SSSR count). The zero-order chi connectivity index (χ0) is 21.1. The lowest BCUT2D eigenvalue weighted by Gasteiger charge is -2.11. The number of methoxy groups -OCH3 is 1. The van der Waals surface area contributed by atoms with Crippen LogP contribution in [0, 0.1) is 0 Å². The molecule has 0 aliphatic carbocycles. The van der Waals surface area contributed by atoms with Crippen LogP contribution in [0.2, 0.25) is 0 Å². The zero-order valence-corrected chi connectivity index (χ0v) is 17.9. The Labute approximate surface area is 181 Å². The fourth-order valence-corrected chi connectivity index (χ4v) is 3.27. The van der Waals surface area contributed by atoms with Crippen LogP contribution in [0.25, 0.3) is 22.0 Å². The average molecular weight is 468 g/mol. The highest BCUT2D eigenvalue weighted by molar-refractivity contribution is 9.10. The summed E-state index contributed by atoms with van der Waals surface area (Å²) in [5.41, 5.74) is 3.32. The highest BCUT2D eigenvalue weighted by Crippen LogP contribution is 2.30. The van der Waals surface area contributed by atoms with Crippen molar-refractivity contribution in [3.05, 3.63) is 59.5 Å². The molecule has 8 nitrogen and oxygen atoms in total. The number of nitrogens with zero attached hydrogens (tertiary/aromatic N) is 4. The van der Waals surface area contributed by atoms with Crippen molar-refractivity contribution in [2.45, 2.75) is 0 Å². The van der Waals surface area contributed by atoms with Gasteiger partial charge in [0.1, 0.15) is 5.75 Å². The second-order valence-corrected chi connectivity index (χ2v) is 7.45. The lowest BCUT2D eigenvalue weighted by molar-refractivity contribution is -0.142. The van der Waals surface area contributed by atoms with Gasteiger partial charge in [-0.15, -0.1) is 0 Å². The van der Waals surface area contributed by atoms with E-state index in [0.29, 0.717) is 17.4 Å². The maximum Gasteiger partial charge on any atom is 0.343 e. The molecule has 4 aromatic rings. The molecular weight excluding hydrogens is 450 g/mol. The summed E-state index contributed by atoms with van der Waals surface area (Å²) in [6.07, 6.45) is 5.41. The molecule has 0 aliphatic heterocycles. The van der Waals surface area contributed by atoms with Crippen molar-refractivity contribution in [3.8, 4) is 16.9 Å². The van der Waals surface area contributed by atoms with Gasteiger partial charge in [0, 0.05) is 46.6 Å². The maximum absolute atomic E-state index is 11.5. The molecule has 2 aromatic heterocycles. The Morgan fingerprint density at radius 2 is 2.03 bits per heavy atom. The number of nitrogens with one attached hydrogen (secondary N) is 1. The normalized spacial score (nSPS) is 10.8. The van der Waals surface area contributed by atoms with Gasteiger partial charge in [-0.1, -0.05) is 15.9 Å². The van der Waals surface area contributed by atoms with E-state index in [9.17, 15) is 4.79 Å². The van der Waals surface area contributed by atoms with Gasteiger partial charge in [-0.2, -0.15) is 5.10 Å². The maximum atomic E-state index is 11.5. The van der Waals surface area contributed by atoms with Crippen LogP contribution in [0.5, 0.6) is 5.75 Å². The summed E-state index contributed by atoms with van der Waals surface area (Å²) >= 11 is 3.45. The Hall–Kier alpha value is -3.46. The average Bonchev–Trinajstić information content (AvgIpc) is 3.18. The van der Waals surface area contributed by atoms with Crippen LogP contribution in [-0.2, 0) is 16.6 Å². The number of anilines is 2. The summed E-state index contributed by atoms with van der Waals surface area (Å²) in [6, 6.07) is 11.4. The van der Waals surface area contributed by atoms with Crippen LogP contribution in [0.15, 0.2) is 59.5 Å². The number of rotatable bonds is 6. The van der Waals surface area contributed by atoms with E-state index in [4.69, 9.17) is 4.74 Å². The van der Waals surface area contributed by atoms with Gasteiger partial charge in [-0.05, 0) is 35.9 Å². The van der Waals surface area contributed by atoms with E-state index in [1.54, 1.807) is 23.1 Å². The van der Waals surface area contributed by atoms with E-state index in [2.05, 4.69) is 41.1 Å². The van der Waals surface area contributed by atoms with Crippen molar-refractivity contribution in [1.29, 1.82) is 0 Å². The third-order valence-corrected chi connectivity index (χ3v) is 4.82. The van der Waals surface area contributed by atoms with Crippen LogP contribution in [0.1, 0.15) is 0 Å². The van der Waals surface area contributed by atoms with Crippen molar-refractivity contribution in [2.24, 2.45) is 7.05 Å². The number of halogens is 1. The summed E-state index contributed by atoms with van der Waals surface area (Å²) in [4.78, 5) is 20.4. The highest BCUT2D eigenvalue weighted by atomic mass is 79.9. The van der Waals surface area contributed by atoms with Gasteiger partial charge in [0.25, 0.3) is 0 Å². The van der Waals surface area contributed by atoms with Gasteiger partial charge in [-0.3, -0.25) is 4.68 Å². The molecule has 2 aromatic carbocycles. The molecule has 1 N–H and O–H groups in total. The summed E-state index contributed by atoms with van der Waals surface area (Å²) in [5.74, 6) is 0.501. The summed E-state index contributed by atoms with van der Waals surface area (Å²) < 4.78 is 12.9. The second-order valence-electron chi connectivity index (χ2n) is 6.54. The van der Waals surface area contributed by atoms with Crippen molar-refractivity contribution in [3.63, 3.8) is 0 Å². The molecule has 30 heavy (non-hydrogen) atoms. The molecule has 0 bridgehead atoms. The first-order valence-electron chi connectivity index (χ1n) is 9.03. The van der Waals surface area contributed by atoms with Gasteiger partial charge in [0.2, 0.25) is 5.95 Å². The minimum absolute atomic E-state index is 0.187. The predicted molar refractivity (Wildman–Crippen MR) is 117 cm³/mol. The standard InChI is InChI=1S/C21H18BrN5O3/c1-27-11-15(10-24-27)13-6-17(8-18(7-13)30-12-20(28)29-2)25-21-23-9-14-5-16(22)3-4-19(14)26-21/h3-11H,12H2,1-2H3,(H,23,25,26). The zero-order valence-electron chi connectivity index (χ0n) is 16.3. The fraction of sp³-hybridized carbons (Fsp3) is 0.143. The lowest BCUT2D eigenvalue weighted by Crippen LogP contribution is -2.12. The SMILES string of the molecule is COC(=O)COc1cc(Nc2ncc3cc(Br)ccc3n2)cc(-c2cnn(C)c2)c1. The number of carbonyl (C=O) groups is 1. The Kier molecular flexibility index (Phi) is 5.62. The molecule has 9 heteroatoms. The quantitative estimate of drug-likeness (QED) is 0.427. The number of ether oxygens (including phenoxy) is 2. The van der Waals surface area contributed by atoms with E-state index in [1.165, 1.54) is 7.11 Å². The summed E-state index contributed by atoms with van der Waals surface area (Å²) in [5, 5.41) is 8.36. The molecule has 0 spiro atoms. The van der Waals surface area contributed by atoms with Crippen LogP contribution < -0.4 is 10.1 Å². The van der Waals surface area contributed by atoms with Crippen molar-refractivity contribution >= 4 is 44.4 Å². The first kappa shape index (κ1) is 19.8. The Morgan fingerprint density at radius 3 is 2.80 bits per heavy atom. The first-order chi connectivity index (χ1) is 14.5. The van der Waals surface area contributed by atoms with Gasteiger partial charge in [0.05, 0.1) is 18.8 Å². The third-order valence-electron chi connectivity index (χ3n) is 4.33. The molecule has 0 amide bonds. The molecule has 2 heterocycles. The Balaban J connectivity index is 1.67. The molecule has 0 fully saturated rings. The molecule has 0 saturated heterocycles. The molecule has 0 atom stereocenters. The second kappa shape index (κ2) is 8.50. The number of esters is 1. The van der Waals surface area contributed by atoms with Gasteiger partial charge >= 0.3 is 5.97 Å². The van der Waals surface area contributed by atoms with E-state index < -0.39 is 5.97 Å². The van der Waals surface area contributed by atoms with Gasteiger partial charge in [0.15, 0.2) is 6.61 Å². The lowest BCUT2D eigenvalue weighted by atomic mass is 10.1. The number of hydrogen-bond acceptors (Lipinski definition) is 7. The molecule has 0 radical (unpaired) electrons. The van der Waals surface area contributed by atoms with Crippen molar-refractivity contribution in [1.82, 2.24) is 19.7 Å². The number of carbonyl (C=O) groups excluding carboxylic acids is 1. The fourth-order valence-electron chi connectivity index (χ4n) is 2.89. The molecule has 0 saturated carbocycles. The van der Waals surface area contributed by atoms with E-state index in [-0.39, 0.29) is 6.61 Å². The number of benzene rings is 2. The molecule has 152 valence electrons. The topological polar surface area (TPSA) is 91.2 Å². The van der Waals surface area contributed by atoms with Crippen LogP contribution >= 0.6 is 15.9 Å². The summed E-state index contributed by atoms with van der Waals surface area (Å²) in [6.45, 7) is -0.187. The molecular formula is C21H18BrN5O3. The first-order valence-corrected chi connectivity index (χ1v) is 9.82. The van der Waals surface area contributed by atoms with Crippen molar-refractivity contribution < 1.29 is 14.3 Å². The minimum Gasteiger partial charge on any atom is -0.482 e. The number of hydrogen-bond donors (Lipinski definition) is 1. The van der Waals surface area contributed by atoms with E-state index in [1.807, 2.05) is 43.6 Å². The van der Waals surface area contributed by atoms with Crippen LogP contribution in [0.4, 0.5) is 11.6 Å². The number of fused-ring (bicyclic) bond motifs is 1. The number of aromatic nitrogens is 4. The Bertz CT molecular complexity index is 1220. The molecule has 0 unspecified atom stereocenters. The van der Waals surface area contributed by atoms with Crippen LogP contribution in [-0.4, -0.2) is 39.4 Å². The van der Waals surface area contributed by atoms with Gasteiger partial charge < -0.3 is 14.8 Å². The predicted octanol–water partition coefficient (Wildman–Crippen LogP) is 4.09. The van der Waals surface area contributed by atoms with E-state index >= 15 is 0 Å². The smallest absolute Gasteiger partial charge is 0.343 e. The summed E-state index contributed by atoms with van der Waals surface area (Å²) in [7, 11) is 3.17. The third kappa shape index (κ3) is 4.57. The van der Waals surface area contributed by atoms with E-state index in [0.717, 1.165) is 26.5 Å². The van der Waals surface area contributed by atoms with Crippen molar-refractivity contribution in [2.75, 3.05) is 19.0 Å². The minimum atomic E-state index is -0.458. The molecule has 0 aliphatic rings. The number of aryl methyl sites for hydroxylation is 1. The Morgan fingerprint density at radius 1 is 1.17 bits per heavy atom. The van der Waals surface area contributed by atoms with Crippen LogP contribution in [0.3, 0.4) is 0 Å². The van der Waals surface area contributed by atoms with Gasteiger partial charge in [-0.25, -0.2) is 14.8 Å². The monoisotopic (exact) mass is 467 g/mol. The largest absolute Gasteiger partial charge is 0.482 e. The highest BCUT2D eigenvalue weighted by Gasteiger charge is 2.10.